The predicted octanol–water partition coefficient (Wildman–Crippen LogP) is 3.78. The number of ether oxygens (including phenoxy) is 2. The maximum atomic E-state index is 12.9. The van der Waals surface area contributed by atoms with Crippen molar-refractivity contribution in [2.75, 3.05) is 19.8 Å². The smallest absolute Gasteiger partial charge is 0.286 e. The molecule has 1 aliphatic rings. The highest BCUT2D eigenvalue weighted by molar-refractivity contribution is 5.91. The molecule has 32 heavy (non-hydrogen) atoms. The molecule has 168 valence electrons. The highest BCUT2D eigenvalue weighted by Gasteiger charge is 2.37. The lowest BCUT2D eigenvalue weighted by Gasteiger charge is -2.37. The fraction of sp³-hybridized carbons (Fsp3) is 0.370. The quantitative estimate of drug-likeness (QED) is 0.560. The van der Waals surface area contributed by atoms with Gasteiger partial charge >= 0.3 is 0 Å². The molecule has 0 fully saturated rings. The maximum absolute atomic E-state index is 12.9. The van der Waals surface area contributed by atoms with E-state index in [4.69, 9.17) is 15.9 Å². The Bertz CT molecular complexity index is 930. The van der Waals surface area contributed by atoms with Gasteiger partial charge in [-0.15, -0.1) is 6.42 Å². The minimum absolute atomic E-state index is 0.0281. The summed E-state index contributed by atoms with van der Waals surface area (Å²) in [6.07, 6.45) is 8.89. The second-order valence-electron chi connectivity index (χ2n) is 7.79. The van der Waals surface area contributed by atoms with Crippen LogP contribution in [0.5, 0.6) is 0 Å². The van der Waals surface area contributed by atoms with Gasteiger partial charge in [0.15, 0.2) is 5.76 Å². The summed E-state index contributed by atoms with van der Waals surface area (Å²) in [5, 5.41) is 12.3. The van der Waals surface area contributed by atoms with Crippen LogP contribution >= 0.6 is 0 Å². The standard InChI is InChI=1S/C27H31NO4/c1-3-20-12-14-22(15-13-20)24-19-25(32-27(31-4-2)23(24)11-8-18-29)26(30)28-17-16-21-9-6-5-7-10-21/h1,5-7,9-10,12-15,19,23-24,27,29H,4,8,11,16-18H2,2H3,(H,28,30)/t23-,24-,27-/m1/s1. The largest absolute Gasteiger partial charge is 0.459 e. The van der Waals surface area contributed by atoms with E-state index in [1.165, 1.54) is 0 Å². The number of rotatable bonds is 10. The Morgan fingerprint density at radius 2 is 1.94 bits per heavy atom. The molecule has 3 rings (SSSR count). The highest BCUT2D eigenvalue weighted by atomic mass is 16.7. The van der Waals surface area contributed by atoms with Crippen LogP contribution < -0.4 is 5.32 Å². The first kappa shape index (κ1) is 23.6. The molecule has 1 amide bonds. The highest BCUT2D eigenvalue weighted by Crippen LogP contribution is 2.39. The molecule has 5 heteroatoms. The van der Waals surface area contributed by atoms with Crippen molar-refractivity contribution in [2.45, 2.75) is 38.4 Å². The number of aliphatic hydroxyl groups is 1. The Morgan fingerprint density at radius 3 is 2.59 bits per heavy atom. The molecule has 5 nitrogen and oxygen atoms in total. The van der Waals surface area contributed by atoms with Gasteiger partial charge in [-0.3, -0.25) is 4.79 Å². The number of carbonyl (C=O) groups is 1. The molecular weight excluding hydrogens is 402 g/mol. The van der Waals surface area contributed by atoms with E-state index in [0.717, 1.165) is 23.1 Å². The first-order chi connectivity index (χ1) is 15.7. The van der Waals surface area contributed by atoms with E-state index >= 15 is 0 Å². The van der Waals surface area contributed by atoms with Crippen LogP contribution in [0, 0.1) is 18.3 Å². The number of benzene rings is 2. The van der Waals surface area contributed by atoms with E-state index in [2.05, 4.69) is 11.2 Å². The van der Waals surface area contributed by atoms with Gasteiger partial charge in [-0.2, -0.15) is 0 Å². The number of aliphatic hydroxyl groups excluding tert-OH is 1. The van der Waals surface area contributed by atoms with E-state index in [9.17, 15) is 9.90 Å². The molecule has 0 radical (unpaired) electrons. The number of hydrogen-bond acceptors (Lipinski definition) is 4. The van der Waals surface area contributed by atoms with Gasteiger partial charge in [-0.1, -0.05) is 48.4 Å². The van der Waals surface area contributed by atoms with Crippen molar-refractivity contribution < 1.29 is 19.4 Å². The fourth-order valence-electron chi connectivity index (χ4n) is 4.00. The molecule has 3 atom stereocenters. The predicted molar refractivity (Wildman–Crippen MR) is 125 cm³/mol. The third-order valence-corrected chi connectivity index (χ3v) is 5.64. The van der Waals surface area contributed by atoms with Crippen LogP contribution in [0.15, 0.2) is 66.4 Å². The summed E-state index contributed by atoms with van der Waals surface area (Å²) in [4.78, 5) is 12.9. The third-order valence-electron chi connectivity index (χ3n) is 5.64. The van der Waals surface area contributed by atoms with Gasteiger partial charge in [-0.05, 0) is 55.5 Å². The van der Waals surface area contributed by atoms with Crippen molar-refractivity contribution in [1.82, 2.24) is 5.32 Å². The Hall–Kier alpha value is -3.07. The number of amides is 1. The normalized spacial score (nSPS) is 20.0. The van der Waals surface area contributed by atoms with Crippen molar-refractivity contribution in [1.29, 1.82) is 0 Å². The molecule has 0 saturated heterocycles. The third kappa shape index (κ3) is 6.23. The van der Waals surface area contributed by atoms with Gasteiger partial charge in [0.25, 0.3) is 5.91 Å². The maximum Gasteiger partial charge on any atom is 0.286 e. The first-order valence-electron chi connectivity index (χ1n) is 11.2. The molecule has 2 aromatic rings. The Morgan fingerprint density at radius 1 is 1.19 bits per heavy atom. The number of allylic oxidation sites excluding steroid dienone is 1. The van der Waals surface area contributed by atoms with Crippen molar-refractivity contribution >= 4 is 5.91 Å². The van der Waals surface area contributed by atoms with E-state index in [0.29, 0.717) is 26.0 Å². The number of hydrogen-bond donors (Lipinski definition) is 2. The Labute approximate surface area is 190 Å². The molecule has 0 aliphatic carbocycles. The summed E-state index contributed by atoms with van der Waals surface area (Å²) in [5.74, 6) is 2.53. The zero-order chi connectivity index (χ0) is 22.8. The molecule has 0 spiro atoms. The fourth-order valence-corrected chi connectivity index (χ4v) is 4.00. The van der Waals surface area contributed by atoms with Gasteiger partial charge < -0.3 is 19.9 Å². The number of carbonyl (C=O) groups excluding carboxylic acids is 1. The molecule has 1 aliphatic heterocycles. The van der Waals surface area contributed by atoms with Gasteiger partial charge in [0, 0.05) is 37.2 Å². The summed E-state index contributed by atoms with van der Waals surface area (Å²) in [6.45, 7) is 2.97. The molecule has 1 heterocycles. The average Bonchev–Trinajstić information content (AvgIpc) is 2.83. The van der Waals surface area contributed by atoms with Crippen LogP contribution in [0.3, 0.4) is 0 Å². The second-order valence-corrected chi connectivity index (χ2v) is 7.79. The summed E-state index contributed by atoms with van der Waals surface area (Å²) in [7, 11) is 0. The summed E-state index contributed by atoms with van der Waals surface area (Å²) >= 11 is 0. The van der Waals surface area contributed by atoms with Crippen molar-refractivity contribution in [3.8, 4) is 12.3 Å². The van der Waals surface area contributed by atoms with Crippen molar-refractivity contribution in [2.24, 2.45) is 5.92 Å². The minimum Gasteiger partial charge on any atom is -0.459 e. The van der Waals surface area contributed by atoms with E-state index < -0.39 is 6.29 Å². The van der Waals surface area contributed by atoms with Crippen LogP contribution in [0.2, 0.25) is 0 Å². The molecule has 0 aromatic heterocycles. The lowest BCUT2D eigenvalue weighted by atomic mass is 9.80. The average molecular weight is 434 g/mol. The monoisotopic (exact) mass is 433 g/mol. The van der Waals surface area contributed by atoms with Crippen molar-refractivity contribution in [3.05, 3.63) is 83.1 Å². The summed E-state index contributed by atoms with van der Waals surface area (Å²) in [6, 6.07) is 17.8. The molecule has 0 unspecified atom stereocenters. The lowest BCUT2D eigenvalue weighted by Crippen LogP contribution is -2.39. The van der Waals surface area contributed by atoms with Gasteiger partial charge in [0.05, 0.1) is 0 Å². The lowest BCUT2D eigenvalue weighted by molar-refractivity contribution is -0.166. The van der Waals surface area contributed by atoms with Crippen LogP contribution in [-0.2, 0) is 20.7 Å². The van der Waals surface area contributed by atoms with Crippen molar-refractivity contribution in [3.63, 3.8) is 0 Å². The molecule has 0 saturated carbocycles. The van der Waals surface area contributed by atoms with Crippen LogP contribution in [0.4, 0.5) is 0 Å². The summed E-state index contributed by atoms with van der Waals surface area (Å²) in [5.41, 5.74) is 3.00. The van der Waals surface area contributed by atoms with Crippen LogP contribution in [0.25, 0.3) is 0 Å². The number of nitrogens with one attached hydrogen (secondary N) is 1. The van der Waals surface area contributed by atoms with E-state index in [1.807, 2.05) is 67.6 Å². The Kier molecular flexibility index (Phi) is 8.91. The number of terminal acetylenes is 1. The SMILES string of the molecule is C#Cc1ccc([C@H]2C=C(C(=O)NCCc3ccccc3)O[C@@H](OCC)[C@@H]2CCCO)cc1. The molecule has 2 N–H and O–H groups in total. The topological polar surface area (TPSA) is 67.8 Å². The molecule has 0 bridgehead atoms. The zero-order valence-electron chi connectivity index (χ0n) is 18.5. The zero-order valence-corrected chi connectivity index (χ0v) is 18.5. The first-order valence-corrected chi connectivity index (χ1v) is 11.2. The molecular formula is C27H31NO4. The summed E-state index contributed by atoms with van der Waals surface area (Å²) < 4.78 is 11.9. The van der Waals surface area contributed by atoms with Gasteiger partial charge in [0.2, 0.25) is 6.29 Å². The Balaban J connectivity index is 1.80. The molecule has 2 aromatic carbocycles. The van der Waals surface area contributed by atoms with Crippen LogP contribution in [-0.4, -0.2) is 37.1 Å². The van der Waals surface area contributed by atoms with Gasteiger partial charge in [-0.25, -0.2) is 0 Å². The van der Waals surface area contributed by atoms with E-state index in [1.54, 1.807) is 0 Å². The van der Waals surface area contributed by atoms with Gasteiger partial charge in [0.1, 0.15) is 0 Å². The van der Waals surface area contributed by atoms with E-state index in [-0.39, 0.29) is 30.1 Å². The van der Waals surface area contributed by atoms with Crippen LogP contribution in [0.1, 0.15) is 42.4 Å². The minimum atomic E-state index is -0.566. The second kappa shape index (κ2) is 12.1.